The molecule has 1 unspecified atom stereocenters. The van der Waals surface area contributed by atoms with E-state index in [-0.39, 0.29) is 31.0 Å². The fourth-order valence-electron chi connectivity index (χ4n) is 5.03. The van der Waals surface area contributed by atoms with Crippen LogP contribution in [0.3, 0.4) is 0 Å². The van der Waals surface area contributed by atoms with Crippen LogP contribution in [0.2, 0.25) is 0 Å². The number of imidazole rings is 1. The van der Waals surface area contributed by atoms with Gasteiger partial charge in [-0.2, -0.15) is 26.3 Å². The monoisotopic (exact) mass is 583 g/mol. The van der Waals surface area contributed by atoms with Crippen LogP contribution in [0, 0.1) is 5.92 Å². The Morgan fingerprint density at radius 1 is 1.05 bits per heavy atom. The zero-order valence-corrected chi connectivity index (χ0v) is 21.5. The fourth-order valence-corrected chi connectivity index (χ4v) is 6.04. The second kappa shape index (κ2) is 10.5. The molecule has 2 aliphatic heterocycles. The fraction of sp³-hybridized carbons (Fsp3) is 0.346. The van der Waals surface area contributed by atoms with E-state index < -0.39 is 41.0 Å². The van der Waals surface area contributed by atoms with E-state index in [1.165, 1.54) is 16.7 Å². The van der Waals surface area contributed by atoms with Gasteiger partial charge in [-0.15, -0.1) is 0 Å². The lowest BCUT2D eigenvalue weighted by molar-refractivity contribution is -0.143. The molecule has 2 amide bonds. The number of amides is 2. The number of aromatic nitrogens is 2. The van der Waals surface area contributed by atoms with Crippen LogP contribution in [-0.2, 0) is 21.9 Å². The van der Waals surface area contributed by atoms with Gasteiger partial charge in [0.1, 0.15) is 11.7 Å². The smallest absolute Gasteiger partial charge is 0.368 e. The summed E-state index contributed by atoms with van der Waals surface area (Å²) in [7, 11) is 0. The maximum absolute atomic E-state index is 13.4. The van der Waals surface area contributed by atoms with Crippen molar-refractivity contribution in [3.63, 3.8) is 0 Å². The minimum absolute atomic E-state index is 0.0101. The summed E-state index contributed by atoms with van der Waals surface area (Å²) < 4.78 is 82.0. The third-order valence-corrected chi connectivity index (χ3v) is 8.05. The third kappa shape index (κ3) is 5.68. The Bertz CT molecular complexity index is 1460. The number of benzene rings is 1. The Labute approximate surface area is 228 Å². The highest BCUT2D eigenvalue weighted by Crippen LogP contribution is 2.39. The SMILES string of the molecule is NC(=O)C(c1cc(C(F)(F)F)cc(C(F)(F)F)c1)N1CCC(CNC(=O)C2=Cc3cnc4cccc(n34)S2)CC1. The maximum atomic E-state index is 13.4. The Balaban J connectivity index is 1.24. The van der Waals surface area contributed by atoms with Crippen LogP contribution in [0.15, 0.2) is 52.5 Å². The number of piperidine rings is 1. The summed E-state index contributed by atoms with van der Waals surface area (Å²) >= 11 is 1.31. The van der Waals surface area contributed by atoms with E-state index in [1.807, 2.05) is 22.6 Å². The molecule has 2 aliphatic rings. The molecule has 2 aromatic heterocycles. The average molecular weight is 584 g/mol. The third-order valence-electron chi connectivity index (χ3n) is 7.00. The van der Waals surface area contributed by atoms with Gasteiger partial charge >= 0.3 is 12.4 Å². The molecule has 3 aromatic rings. The van der Waals surface area contributed by atoms with E-state index in [4.69, 9.17) is 5.73 Å². The van der Waals surface area contributed by atoms with Crippen molar-refractivity contribution in [3.8, 4) is 0 Å². The van der Waals surface area contributed by atoms with Gasteiger partial charge in [-0.25, -0.2) is 4.98 Å². The van der Waals surface area contributed by atoms with Crippen LogP contribution < -0.4 is 11.1 Å². The number of thioether (sulfide) groups is 1. The number of nitrogens with zero attached hydrogens (tertiary/aromatic N) is 3. The highest BCUT2D eigenvalue weighted by Gasteiger charge is 2.39. The number of alkyl halides is 6. The zero-order chi connectivity index (χ0) is 28.8. The topological polar surface area (TPSA) is 92.7 Å². The van der Waals surface area contributed by atoms with E-state index in [0.29, 0.717) is 36.4 Å². The summed E-state index contributed by atoms with van der Waals surface area (Å²) in [5.74, 6) is -1.32. The number of likely N-dealkylation sites (tertiary alicyclic amines) is 1. The molecule has 5 rings (SSSR count). The summed E-state index contributed by atoms with van der Waals surface area (Å²) in [6.07, 6.45) is -5.75. The van der Waals surface area contributed by atoms with Crippen LogP contribution >= 0.6 is 11.8 Å². The number of hydrogen-bond acceptors (Lipinski definition) is 5. The number of primary amides is 1. The molecule has 0 aliphatic carbocycles. The number of rotatable bonds is 6. The van der Waals surface area contributed by atoms with Gasteiger partial charge in [0.15, 0.2) is 0 Å². The largest absolute Gasteiger partial charge is 0.416 e. The predicted octanol–water partition coefficient (Wildman–Crippen LogP) is 4.87. The van der Waals surface area contributed by atoms with Gasteiger partial charge in [-0.05, 0) is 73.8 Å². The summed E-state index contributed by atoms with van der Waals surface area (Å²) in [6.45, 7) is 0.714. The summed E-state index contributed by atoms with van der Waals surface area (Å²) in [5.41, 5.74) is 3.56. The standard InChI is InChI=1S/C26H23F6N5O2S/c27-25(28,29)16-8-15(9-17(10-16)26(30,31)32)22(23(33)38)36-6-4-14(5-7-36)12-35-24(39)19-11-18-13-34-20-2-1-3-21(40-19)37(18)20/h1-3,8-11,13-14,22H,4-7,12H2,(H2,33,38)(H,35,39). The van der Waals surface area contributed by atoms with Gasteiger partial charge in [0.25, 0.3) is 5.91 Å². The molecule has 14 heteroatoms. The first-order valence-corrected chi connectivity index (χ1v) is 13.1. The molecule has 1 fully saturated rings. The van der Waals surface area contributed by atoms with Crippen LogP contribution in [0.1, 0.15) is 41.3 Å². The molecule has 212 valence electrons. The Kier molecular flexibility index (Phi) is 7.33. The van der Waals surface area contributed by atoms with Crippen molar-refractivity contribution >= 4 is 35.3 Å². The lowest BCUT2D eigenvalue weighted by Gasteiger charge is -2.36. The normalized spacial score (nSPS) is 17.5. The Morgan fingerprint density at radius 2 is 1.70 bits per heavy atom. The Hall–Kier alpha value is -3.52. The molecule has 40 heavy (non-hydrogen) atoms. The van der Waals surface area contributed by atoms with E-state index >= 15 is 0 Å². The van der Waals surface area contributed by atoms with Crippen LogP contribution in [-0.4, -0.2) is 45.7 Å². The highest BCUT2D eigenvalue weighted by atomic mass is 32.2. The van der Waals surface area contributed by atoms with E-state index in [0.717, 1.165) is 16.4 Å². The van der Waals surface area contributed by atoms with Gasteiger partial charge in [-0.3, -0.25) is 18.9 Å². The molecule has 0 spiro atoms. The number of carbonyl (C=O) groups excluding carboxylic acids is 2. The van der Waals surface area contributed by atoms with Crippen molar-refractivity contribution < 1.29 is 35.9 Å². The van der Waals surface area contributed by atoms with Gasteiger partial charge < -0.3 is 11.1 Å². The second-order valence-electron chi connectivity index (χ2n) is 9.68. The molecule has 0 radical (unpaired) electrons. The van der Waals surface area contributed by atoms with Gasteiger partial charge in [0.2, 0.25) is 5.91 Å². The molecule has 0 bridgehead atoms. The Morgan fingerprint density at radius 3 is 2.30 bits per heavy atom. The van der Waals surface area contributed by atoms with Crippen LogP contribution in [0.25, 0.3) is 11.7 Å². The van der Waals surface area contributed by atoms with E-state index in [9.17, 15) is 35.9 Å². The van der Waals surface area contributed by atoms with Crippen molar-refractivity contribution in [2.24, 2.45) is 11.7 Å². The van der Waals surface area contributed by atoms with Crippen molar-refractivity contribution in [3.05, 3.63) is 69.9 Å². The molecule has 7 nitrogen and oxygen atoms in total. The molecular weight excluding hydrogens is 560 g/mol. The number of halogens is 6. The molecular formula is C26H23F6N5O2S. The minimum atomic E-state index is -5.04. The van der Waals surface area contributed by atoms with Crippen molar-refractivity contribution in [1.82, 2.24) is 19.6 Å². The van der Waals surface area contributed by atoms with E-state index in [1.54, 1.807) is 12.3 Å². The summed E-state index contributed by atoms with van der Waals surface area (Å²) in [6, 6.07) is 5.24. The number of hydrogen-bond donors (Lipinski definition) is 2. The van der Waals surface area contributed by atoms with Gasteiger partial charge in [-0.1, -0.05) is 17.8 Å². The first-order chi connectivity index (χ1) is 18.8. The van der Waals surface area contributed by atoms with Gasteiger partial charge in [0.05, 0.1) is 32.9 Å². The van der Waals surface area contributed by atoms with Crippen molar-refractivity contribution in [1.29, 1.82) is 0 Å². The van der Waals surface area contributed by atoms with Crippen LogP contribution in [0.5, 0.6) is 0 Å². The number of nitrogens with one attached hydrogen (secondary N) is 1. The predicted molar refractivity (Wildman–Crippen MR) is 135 cm³/mol. The first kappa shape index (κ1) is 28.0. The number of carbonyl (C=O) groups is 2. The van der Waals surface area contributed by atoms with Crippen LogP contribution in [0.4, 0.5) is 26.3 Å². The number of pyridine rings is 1. The zero-order valence-electron chi connectivity index (χ0n) is 20.7. The molecule has 1 atom stereocenters. The minimum Gasteiger partial charge on any atom is -0.368 e. The molecule has 4 heterocycles. The quantitative estimate of drug-likeness (QED) is 0.404. The second-order valence-corrected chi connectivity index (χ2v) is 10.7. The summed E-state index contributed by atoms with van der Waals surface area (Å²) in [5, 5.41) is 3.76. The van der Waals surface area contributed by atoms with Crippen molar-refractivity contribution in [2.75, 3.05) is 19.6 Å². The first-order valence-electron chi connectivity index (χ1n) is 12.3. The molecule has 1 saturated heterocycles. The lowest BCUT2D eigenvalue weighted by Crippen LogP contribution is -2.44. The summed E-state index contributed by atoms with van der Waals surface area (Å²) in [4.78, 5) is 31.5. The van der Waals surface area contributed by atoms with Gasteiger partial charge in [0, 0.05) is 6.54 Å². The number of nitrogens with two attached hydrogens (primary N) is 1. The average Bonchev–Trinajstić information content (AvgIpc) is 3.31. The van der Waals surface area contributed by atoms with E-state index in [2.05, 4.69) is 10.3 Å². The highest BCUT2D eigenvalue weighted by molar-refractivity contribution is 8.04. The lowest BCUT2D eigenvalue weighted by atomic mass is 9.92. The molecule has 0 saturated carbocycles. The maximum Gasteiger partial charge on any atom is 0.416 e. The molecule has 1 aromatic carbocycles. The molecule has 3 N–H and O–H groups in total. The van der Waals surface area contributed by atoms with Crippen molar-refractivity contribution in [2.45, 2.75) is 36.3 Å².